The number of hydrogen-bond acceptors (Lipinski definition) is 4. The molecule has 2 aromatic rings. The minimum atomic E-state index is -0.476. The standard InChI is InChI=1S/C19H18FNO4/c1-11-9-21(19(23)25-11)16-7-6-15(18(20)12(16)2)14-5-4-13(10-22)8-17(14)24-3/h4-8,10-11H,9H2,1-3H3. The smallest absolute Gasteiger partial charge is 0.414 e. The van der Waals surface area contributed by atoms with Crippen LogP contribution in [0.5, 0.6) is 5.75 Å². The second kappa shape index (κ2) is 6.55. The fraction of sp³-hybridized carbons (Fsp3) is 0.263. The Hall–Kier alpha value is -2.89. The summed E-state index contributed by atoms with van der Waals surface area (Å²) >= 11 is 0. The molecule has 0 saturated carbocycles. The molecule has 1 aliphatic heterocycles. The van der Waals surface area contributed by atoms with Crippen LogP contribution in [0.2, 0.25) is 0 Å². The SMILES string of the molecule is COc1cc(C=O)ccc1-c1ccc(N2CC(C)OC2=O)c(C)c1F. The lowest BCUT2D eigenvalue weighted by Crippen LogP contribution is -2.25. The van der Waals surface area contributed by atoms with Crippen LogP contribution in [0.4, 0.5) is 14.9 Å². The maximum atomic E-state index is 15.0. The van der Waals surface area contributed by atoms with Crippen molar-refractivity contribution in [1.29, 1.82) is 0 Å². The molecular formula is C19H18FNO4. The highest BCUT2D eigenvalue weighted by Crippen LogP contribution is 2.37. The molecule has 25 heavy (non-hydrogen) atoms. The Morgan fingerprint density at radius 3 is 2.60 bits per heavy atom. The first-order valence-electron chi connectivity index (χ1n) is 7.87. The van der Waals surface area contributed by atoms with E-state index >= 15 is 4.39 Å². The molecule has 6 heteroatoms. The van der Waals surface area contributed by atoms with Gasteiger partial charge in [0, 0.05) is 22.3 Å². The van der Waals surface area contributed by atoms with Gasteiger partial charge in [-0.25, -0.2) is 9.18 Å². The molecule has 0 radical (unpaired) electrons. The summed E-state index contributed by atoms with van der Waals surface area (Å²) in [4.78, 5) is 24.2. The maximum absolute atomic E-state index is 15.0. The summed E-state index contributed by atoms with van der Waals surface area (Å²) in [5.41, 5.74) is 2.17. The van der Waals surface area contributed by atoms with Crippen LogP contribution >= 0.6 is 0 Å². The Balaban J connectivity index is 2.07. The third-order valence-corrected chi connectivity index (χ3v) is 4.26. The van der Waals surface area contributed by atoms with Crippen LogP contribution in [0.15, 0.2) is 30.3 Å². The van der Waals surface area contributed by atoms with Gasteiger partial charge in [0.2, 0.25) is 0 Å². The zero-order valence-corrected chi connectivity index (χ0v) is 14.2. The average Bonchev–Trinajstić information content (AvgIpc) is 2.95. The van der Waals surface area contributed by atoms with Gasteiger partial charge in [-0.2, -0.15) is 0 Å². The fourth-order valence-electron chi connectivity index (χ4n) is 2.98. The highest BCUT2D eigenvalue weighted by molar-refractivity contribution is 5.91. The quantitative estimate of drug-likeness (QED) is 0.788. The van der Waals surface area contributed by atoms with E-state index in [1.165, 1.54) is 12.0 Å². The molecule has 0 bridgehead atoms. The highest BCUT2D eigenvalue weighted by Gasteiger charge is 2.31. The van der Waals surface area contributed by atoms with E-state index in [1.807, 2.05) is 0 Å². The number of halogens is 1. The van der Waals surface area contributed by atoms with Gasteiger partial charge < -0.3 is 9.47 Å². The highest BCUT2D eigenvalue weighted by atomic mass is 19.1. The number of aldehydes is 1. The maximum Gasteiger partial charge on any atom is 0.414 e. The van der Waals surface area contributed by atoms with Crippen molar-refractivity contribution >= 4 is 18.1 Å². The van der Waals surface area contributed by atoms with Crippen molar-refractivity contribution in [3.8, 4) is 16.9 Å². The van der Waals surface area contributed by atoms with Crippen LogP contribution < -0.4 is 9.64 Å². The number of anilines is 1. The van der Waals surface area contributed by atoms with E-state index in [0.717, 1.165) is 0 Å². The van der Waals surface area contributed by atoms with Crippen molar-refractivity contribution in [2.24, 2.45) is 0 Å². The molecule has 1 fully saturated rings. The Kier molecular flexibility index (Phi) is 4.44. The van der Waals surface area contributed by atoms with Gasteiger partial charge in [0.15, 0.2) is 0 Å². The lowest BCUT2D eigenvalue weighted by molar-refractivity contribution is 0.112. The van der Waals surface area contributed by atoms with Gasteiger partial charge >= 0.3 is 6.09 Å². The van der Waals surface area contributed by atoms with Crippen molar-refractivity contribution in [1.82, 2.24) is 0 Å². The zero-order chi connectivity index (χ0) is 18.1. The summed E-state index contributed by atoms with van der Waals surface area (Å²) in [6, 6.07) is 8.11. The van der Waals surface area contributed by atoms with E-state index in [-0.39, 0.29) is 6.10 Å². The van der Waals surface area contributed by atoms with Gasteiger partial charge in [-0.05, 0) is 38.1 Å². The van der Waals surface area contributed by atoms with Crippen LogP contribution in [0.25, 0.3) is 11.1 Å². The van der Waals surface area contributed by atoms with Gasteiger partial charge in [-0.15, -0.1) is 0 Å². The largest absolute Gasteiger partial charge is 0.496 e. The molecule has 1 amide bonds. The topological polar surface area (TPSA) is 55.8 Å². The predicted molar refractivity (Wildman–Crippen MR) is 91.8 cm³/mol. The second-order valence-electron chi connectivity index (χ2n) is 5.95. The molecule has 1 atom stereocenters. The monoisotopic (exact) mass is 343 g/mol. The summed E-state index contributed by atoms with van der Waals surface area (Å²) in [6.07, 6.45) is -0.00163. The molecular weight excluding hydrogens is 325 g/mol. The number of cyclic esters (lactones) is 1. The zero-order valence-electron chi connectivity index (χ0n) is 14.2. The van der Waals surface area contributed by atoms with Crippen LogP contribution in [0.3, 0.4) is 0 Å². The number of methoxy groups -OCH3 is 1. The first-order valence-corrected chi connectivity index (χ1v) is 7.87. The predicted octanol–water partition coefficient (Wildman–Crippen LogP) is 3.97. The number of carbonyl (C=O) groups excluding carboxylic acids is 2. The van der Waals surface area contributed by atoms with Crippen molar-refractivity contribution in [2.75, 3.05) is 18.6 Å². The number of ether oxygens (including phenoxy) is 2. The van der Waals surface area contributed by atoms with Crippen molar-refractivity contribution in [3.63, 3.8) is 0 Å². The Labute approximate surface area is 145 Å². The number of benzene rings is 2. The number of carbonyl (C=O) groups is 2. The minimum Gasteiger partial charge on any atom is -0.496 e. The summed E-state index contributed by atoms with van der Waals surface area (Å²) in [5, 5.41) is 0. The Bertz CT molecular complexity index is 850. The number of amides is 1. The lowest BCUT2D eigenvalue weighted by Gasteiger charge is -2.18. The fourth-order valence-corrected chi connectivity index (χ4v) is 2.98. The minimum absolute atomic E-state index is 0.231. The third kappa shape index (κ3) is 2.95. The molecule has 0 aliphatic carbocycles. The molecule has 5 nitrogen and oxygen atoms in total. The van der Waals surface area contributed by atoms with E-state index < -0.39 is 11.9 Å². The average molecular weight is 343 g/mol. The van der Waals surface area contributed by atoms with Gasteiger partial charge in [0.25, 0.3) is 0 Å². The summed E-state index contributed by atoms with van der Waals surface area (Å²) in [7, 11) is 1.47. The summed E-state index contributed by atoms with van der Waals surface area (Å²) in [6.45, 7) is 3.80. The summed E-state index contributed by atoms with van der Waals surface area (Å²) in [5.74, 6) is -0.0353. The first kappa shape index (κ1) is 17.0. The van der Waals surface area contributed by atoms with E-state index in [1.54, 1.807) is 44.2 Å². The molecule has 0 spiro atoms. The van der Waals surface area contributed by atoms with E-state index in [9.17, 15) is 9.59 Å². The molecule has 1 aliphatic rings. The second-order valence-corrected chi connectivity index (χ2v) is 5.95. The van der Waals surface area contributed by atoms with Crippen LogP contribution in [0.1, 0.15) is 22.8 Å². The number of nitrogens with zero attached hydrogens (tertiary/aromatic N) is 1. The van der Waals surface area contributed by atoms with Crippen molar-refractivity contribution < 1.29 is 23.5 Å². The third-order valence-electron chi connectivity index (χ3n) is 4.26. The van der Waals surface area contributed by atoms with Crippen LogP contribution in [0, 0.1) is 12.7 Å². The number of rotatable bonds is 4. The molecule has 1 saturated heterocycles. The molecule has 3 rings (SSSR count). The van der Waals surface area contributed by atoms with Gasteiger partial charge in [0.05, 0.1) is 19.3 Å². The lowest BCUT2D eigenvalue weighted by atomic mass is 9.99. The van der Waals surface area contributed by atoms with Gasteiger partial charge in [-0.3, -0.25) is 9.69 Å². The Morgan fingerprint density at radius 1 is 1.28 bits per heavy atom. The van der Waals surface area contributed by atoms with Crippen molar-refractivity contribution in [2.45, 2.75) is 20.0 Å². The molecule has 1 heterocycles. The molecule has 2 aromatic carbocycles. The van der Waals surface area contributed by atoms with Crippen LogP contribution in [-0.4, -0.2) is 32.1 Å². The normalized spacial score (nSPS) is 16.7. The van der Waals surface area contributed by atoms with Gasteiger partial charge in [0.1, 0.15) is 24.0 Å². The van der Waals surface area contributed by atoms with Crippen LogP contribution in [-0.2, 0) is 4.74 Å². The first-order chi connectivity index (χ1) is 12.0. The Morgan fingerprint density at radius 2 is 2.00 bits per heavy atom. The van der Waals surface area contributed by atoms with E-state index in [2.05, 4.69) is 0 Å². The van der Waals surface area contributed by atoms with Gasteiger partial charge in [-0.1, -0.05) is 6.07 Å². The number of hydrogen-bond donors (Lipinski definition) is 0. The van der Waals surface area contributed by atoms with E-state index in [4.69, 9.17) is 9.47 Å². The van der Waals surface area contributed by atoms with Crippen molar-refractivity contribution in [3.05, 3.63) is 47.3 Å². The molecule has 130 valence electrons. The molecule has 1 unspecified atom stereocenters. The molecule has 0 aromatic heterocycles. The summed E-state index contributed by atoms with van der Waals surface area (Å²) < 4.78 is 25.4. The van der Waals surface area contributed by atoms with E-state index in [0.29, 0.717) is 46.5 Å². The molecule has 0 N–H and O–H groups in total.